The van der Waals surface area contributed by atoms with Crippen molar-refractivity contribution < 1.29 is 0 Å². The number of benzene rings is 2. The second kappa shape index (κ2) is 3.85. The molecule has 0 unspecified atom stereocenters. The van der Waals surface area contributed by atoms with Crippen LogP contribution in [0.3, 0.4) is 0 Å². The van der Waals surface area contributed by atoms with Crippen molar-refractivity contribution in [3.8, 4) is 11.3 Å². The van der Waals surface area contributed by atoms with Gasteiger partial charge in [-0.3, -0.25) is 0 Å². The Kier molecular flexibility index (Phi) is 2.08. The average Bonchev–Trinajstić information content (AvgIpc) is 3.10. The summed E-state index contributed by atoms with van der Waals surface area (Å²) in [6.45, 7) is 0. The van der Waals surface area contributed by atoms with E-state index in [-0.39, 0.29) is 0 Å². The van der Waals surface area contributed by atoms with Crippen LogP contribution in [0.2, 0.25) is 0 Å². The summed E-state index contributed by atoms with van der Waals surface area (Å²) in [5.74, 6) is 0. The lowest BCUT2D eigenvalue weighted by Gasteiger charge is -2.10. The van der Waals surface area contributed by atoms with Crippen LogP contribution in [0.4, 0.5) is 5.69 Å². The number of hydrogen-bond donors (Lipinski definition) is 1. The topological polar surface area (TPSA) is 24.9 Å². The van der Waals surface area contributed by atoms with Crippen molar-refractivity contribution in [2.45, 2.75) is 19.3 Å². The van der Waals surface area contributed by atoms with Gasteiger partial charge in [0.15, 0.2) is 0 Å². The molecule has 21 heavy (non-hydrogen) atoms. The van der Waals surface area contributed by atoms with E-state index in [1.165, 1.54) is 51.9 Å². The van der Waals surface area contributed by atoms with Crippen LogP contribution in [0.1, 0.15) is 22.3 Å². The maximum Gasteiger partial charge on any atom is 0.0771 e. The normalized spacial score (nSPS) is 14.3. The van der Waals surface area contributed by atoms with E-state index in [1.807, 2.05) is 7.05 Å². The predicted molar refractivity (Wildman–Crippen MR) is 86.9 cm³/mol. The van der Waals surface area contributed by atoms with Gasteiger partial charge < -0.3 is 5.32 Å². The molecule has 102 valence electrons. The molecule has 1 N–H and O–H groups in total. The van der Waals surface area contributed by atoms with E-state index >= 15 is 0 Å². The fraction of sp³-hybridized carbons (Fsp3) is 0.211. The third kappa shape index (κ3) is 1.35. The van der Waals surface area contributed by atoms with Crippen molar-refractivity contribution in [2.24, 2.45) is 0 Å². The van der Waals surface area contributed by atoms with Crippen molar-refractivity contribution in [2.75, 3.05) is 12.4 Å². The second-order valence-electron chi connectivity index (χ2n) is 6.00. The first kappa shape index (κ1) is 11.3. The number of anilines is 1. The molecule has 1 heterocycles. The maximum absolute atomic E-state index is 5.03. The van der Waals surface area contributed by atoms with Crippen molar-refractivity contribution in [3.05, 3.63) is 58.7 Å². The standard InChI is InChI=1S/C19H16N2/c1-20-15-6-3-5-12-10-14-13-9-8-11-4-2-7-16(17(11)13)21-19(14)18(12)15/h2-7,20H,8-10H2,1H3. The van der Waals surface area contributed by atoms with Crippen LogP contribution in [0.25, 0.3) is 22.2 Å². The van der Waals surface area contributed by atoms with E-state index in [4.69, 9.17) is 4.98 Å². The van der Waals surface area contributed by atoms with Crippen molar-refractivity contribution in [1.29, 1.82) is 0 Å². The molecule has 0 aliphatic heterocycles. The molecule has 2 nitrogen and oxygen atoms in total. The molecule has 5 rings (SSSR count). The summed E-state index contributed by atoms with van der Waals surface area (Å²) in [5, 5.41) is 4.75. The fourth-order valence-electron chi connectivity index (χ4n) is 4.08. The molecular formula is C19H16N2. The molecule has 3 aromatic rings. The summed E-state index contributed by atoms with van der Waals surface area (Å²) >= 11 is 0. The molecule has 2 aromatic carbocycles. The van der Waals surface area contributed by atoms with Gasteiger partial charge in [0.05, 0.1) is 11.2 Å². The molecule has 2 aliphatic rings. The van der Waals surface area contributed by atoms with Crippen LogP contribution in [-0.2, 0) is 19.3 Å². The Labute approximate surface area is 123 Å². The zero-order chi connectivity index (χ0) is 14.0. The van der Waals surface area contributed by atoms with Gasteiger partial charge in [-0.05, 0) is 47.2 Å². The summed E-state index contributed by atoms with van der Waals surface area (Å²) in [7, 11) is 1.99. The number of hydrogen-bond acceptors (Lipinski definition) is 2. The van der Waals surface area contributed by atoms with Crippen LogP contribution >= 0.6 is 0 Å². The highest BCUT2D eigenvalue weighted by atomic mass is 14.8. The third-order valence-electron chi connectivity index (χ3n) is 4.98. The van der Waals surface area contributed by atoms with Crippen LogP contribution in [0.5, 0.6) is 0 Å². The minimum Gasteiger partial charge on any atom is -0.388 e. The van der Waals surface area contributed by atoms with Crippen molar-refractivity contribution >= 4 is 16.6 Å². The van der Waals surface area contributed by atoms with Crippen molar-refractivity contribution in [1.82, 2.24) is 4.98 Å². The summed E-state index contributed by atoms with van der Waals surface area (Å²) in [5.41, 5.74) is 10.8. The van der Waals surface area contributed by atoms with E-state index in [0.717, 1.165) is 11.9 Å². The molecular weight excluding hydrogens is 256 g/mol. The molecule has 0 amide bonds. The number of rotatable bonds is 1. The molecule has 0 saturated heterocycles. The molecule has 2 heteroatoms. The predicted octanol–water partition coefficient (Wildman–Crippen LogP) is 3.95. The first-order valence-corrected chi connectivity index (χ1v) is 7.60. The maximum atomic E-state index is 5.03. The first-order chi connectivity index (χ1) is 10.4. The molecule has 0 radical (unpaired) electrons. The number of nitrogens with one attached hydrogen (secondary N) is 1. The van der Waals surface area contributed by atoms with Gasteiger partial charge in [-0.15, -0.1) is 0 Å². The summed E-state index contributed by atoms with van der Waals surface area (Å²) in [4.78, 5) is 5.03. The molecule has 1 aromatic heterocycles. The van der Waals surface area contributed by atoms with Gasteiger partial charge in [-0.1, -0.05) is 24.3 Å². The summed E-state index contributed by atoms with van der Waals surface area (Å²) < 4.78 is 0. The van der Waals surface area contributed by atoms with Gasteiger partial charge in [0.1, 0.15) is 0 Å². The highest BCUT2D eigenvalue weighted by Gasteiger charge is 2.29. The van der Waals surface area contributed by atoms with Gasteiger partial charge in [0, 0.05) is 30.1 Å². The Hall–Kier alpha value is -2.35. The SMILES string of the molecule is CNc1cccc2c1-c1nc3cccc4c3c(c1C2)CC4. The number of aryl methyl sites for hydroxylation is 2. The Morgan fingerprint density at radius 3 is 2.71 bits per heavy atom. The first-order valence-electron chi connectivity index (χ1n) is 7.60. The molecule has 0 fully saturated rings. The Morgan fingerprint density at radius 2 is 1.81 bits per heavy atom. The van der Waals surface area contributed by atoms with Crippen molar-refractivity contribution in [3.63, 3.8) is 0 Å². The lowest BCUT2D eigenvalue weighted by atomic mass is 10.0. The highest BCUT2D eigenvalue weighted by molar-refractivity contribution is 5.96. The molecule has 0 atom stereocenters. The zero-order valence-corrected chi connectivity index (χ0v) is 12.0. The number of aromatic nitrogens is 1. The molecule has 0 bridgehead atoms. The van der Waals surface area contributed by atoms with E-state index in [9.17, 15) is 0 Å². The average molecular weight is 272 g/mol. The summed E-state index contributed by atoms with van der Waals surface area (Å²) in [6, 6.07) is 13.1. The van der Waals surface area contributed by atoms with Crippen LogP contribution < -0.4 is 5.32 Å². The van der Waals surface area contributed by atoms with Gasteiger partial charge in [0.2, 0.25) is 0 Å². The lowest BCUT2D eigenvalue weighted by molar-refractivity contribution is 1.00. The second-order valence-corrected chi connectivity index (χ2v) is 6.00. The van der Waals surface area contributed by atoms with Gasteiger partial charge >= 0.3 is 0 Å². The third-order valence-corrected chi connectivity index (χ3v) is 4.98. The van der Waals surface area contributed by atoms with E-state index < -0.39 is 0 Å². The quantitative estimate of drug-likeness (QED) is 0.567. The minimum atomic E-state index is 1.03. The number of pyridine rings is 1. The highest BCUT2D eigenvalue weighted by Crippen LogP contribution is 2.45. The zero-order valence-electron chi connectivity index (χ0n) is 12.0. The fourth-order valence-corrected chi connectivity index (χ4v) is 4.08. The largest absolute Gasteiger partial charge is 0.388 e. The van der Waals surface area contributed by atoms with Crippen LogP contribution in [-0.4, -0.2) is 12.0 Å². The number of nitrogens with zero attached hydrogens (tertiary/aromatic N) is 1. The number of fused-ring (bicyclic) bond motifs is 4. The van der Waals surface area contributed by atoms with Gasteiger partial charge in [-0.2, -0.15) is 0 Å². The molecule has 0 saturated carbocycles. The molecule has 2 aliphatic carbocycles. The summed E-state index contributed by atoms with van der Waals surface area (Å²) in [6.07, 6.45) is 3.37. The van der Waals surface area contributed by atoms with Crippen LogP contribution in [0, 0.1) is 0 Å². The van der Waals surface area contributed by atoms with Gasteiger partial charge in [-0.25, -0.2) is 4.98 Å². The smallest absolute Gasteiger partial charge is 0.0771 e. The Morgan fingerprint density at radius 1 is 0.952 bits per heavy atom. The molecule has 0 spiro atoms. The minimum absolute atomic E-state index is 1.03. The van der Waals surface area contributed by atoms with E-state index in [0.29, 0.717) is 0 Å². The van der Waals surface area contributed by atoms with Crippen LogP contribution in [0.15, 0.2) is 36.4 Å². The Balaban J connectivity index is 1.91. The Bertz CT molecular complexity index is 909. The van der Waals surface area contributed by atoms with E-state index in [1.54, 1.807) is 5.56 Å². The monoisotopic (exact) mass is 272 g/mol. The van der Waals surface area contributed by atoms with Gasteiger partial charge in [0.25, 0.3) is 0 Å². The van der Waals surface area contributed by atoms with E-state index in [2.05, 4.69) is 41.7 Å². The lowest BCUT2D eigenvalue weighted by Crippen LogP contribution is -1.95.